The molecule has 0 aromatic heterocycles. The SMILES string of the molecule is CCCc1c2c(c(OCC)c3ccccc13)C(=O)N(c1ccc(CC(=O)OCC)cc1)C2C=C=O. The summed E-state index contributed by atoms with van der Waals surface area (Å²) in [5.41, 5.74) is 3.77. The van der Waals surface area contributed by atoms with E-state index in [2.05, 4.69) is 6.92 Å². The third-order valence-electron chi connectivity index (χ3n) is 6.21. The number of carbonyl (C=O) groups is 2. The molecular weight excluding hydrogens is 442 g/mol. The van der Waals surface area contributed by atoms with Gasteiger partial charge in [0.15, 0.2) is 0 Å². The summed E-state index contributed by atoms with van der Waals surface area (Å²) in [6.07, 6.45) is 3.21. The Labute approximate surface area is 205 Å². The Morgan fingerprint density at radius 2 is 1.74 bits per heavy atom. The van der Waals surface area contributed by atoms with Gasteiger partial charge in [-0.1, -0.05) is 49.7 Å². The van der Waals surface area contributed by atoms with Gasteiger partial charge in [-0.2, -0.15) is 0 Å². The van der Waals surface area contributed by atoms with Gasteiger partial charge in [0.05, 0.1) is 31.2 Å². The van der Waals surface area contributed by atoms with Gasteiger partial charge in [0.25, 0.3) is 5.91 Å². The van der Waals surface area contributed by atoms with E-state index < -0.39 is 6.04 Å². The van der Waals surface area contributed by atoms with Crippen LogP contribution in [0.25, 0.3) is 10.8 Å². The van der Waals surface area contributed by atoms with Crippen LogP contribution in [0.2, 0.25) is 0 Å². The molecule has 180 valence electrons. The number of esters is 1. The molecule has 0 spiro atoms. The topological polar surface area (TPSA) is 72.9 Å². The lowest BCUT2D eigenvalue weighted by atomic mass is 9.89. The molecule has 6 nitrogen and oxygen atoms in total. The van der Waals surface area contributed by atoms with Gasteiger partial charge in [-0.15, -0.1) is 0 Å². The smallest absolute Gasteiger partial charge is 0.310 e. The summed E-state index contributed by atoms with van der Waals surface area (Å²) < 4.78 is 11.1. The van der Waals surface area contributed by atoms with Crippen molar-refractivity contribution in [1.29, 1.82) is 0 Å². The maximum absolute atomic E-state index is 13.9. The molecule has 0 saturated heterocycles. The molecule has 1 atom stereocenters. The first-order chi connectivity index (χ1) is 17.0. The normalized spacial score (nSPS) is 14.5. The van der Waals surface area contributed by atoms with Crippen molar-refractivity contribution in [2.75, 3.05) is 18.1 Å². The summed E-state index contributed by atoms with van der Waals surface area (Å²) in [7, 11) is 0. The Morgan fingerprint density at radius 1 is 1.03 bits per heavy atom. The Balaban J connectivity index is 1.88. The first-order valence-electron chi connectivity index (χ1n) is 12.0. The summed E-state index contributed by atoms with van der Waals surface area (Å²) in [4.78, 5) is 39.1. The fraction of sp³-hybridized carbons (Fsp3) is 0.310. The zero-order chi connectivity index (χ0) is 24.9. The van der Waals surface area contributed by atoms with Crippen LogP contribution in [0.1, 0.15) is 60.3 Å². The fourth-order valence-corrected chi connectivity index (χ4v) is 4.88. The van der Waals surface area contributed by atoms with E-state index in [9.17, 15) is 14.4 Å². The zero-order valence-electron chi connectivity index (χ0n) is 20.3. The van der Waals surface area contributed by atoms with Gasteiger partial charge in [-0.3, -0.25) is 14.5 Å². The van der Waals surface area contributed by atoms with Gasteiger partial charge in [0.1, 0.15) is 11.7 Å². The molecule has 3 aromatic carbocycles. The Hall–Kier alpha value is -3.89. The molecule has 0 fully saturated rings. The van der Waals surface area contributed by atoms with Crippen LogP contribution < -0.4 is 9.64 Å². The third-order valence-corrected chi connectivity index (χ3v) is 6.21. The molecule has 0 bridgehead atoms. The highest BCUT2D eigenvalue weighted by Crippen LogP contribution is 2.48. The van der Waals surface area contributed by atoms with E-state index in [1.165, 1.54) is 6.08 Å². The van der Waals surface area contributed by atoms with Crippen LogP contribution in [0.15, 0.2) is 54.6 Å². The van der Waals surface area contributed by atoms with Gasteiger partial charge in [0.2, 0.25) is 0 Å². The molecule has 1 heterocycles. The van der Waals surface area contributed by atoms with Crippen molar-refractivity contribution in [2.24, 2.45) is 0 Å². The quantitative estimate of drug-likeness (QED) is 0.309. The second-order valence-corrected chi connectivity index (χ2v) is 8.38. The molecule has 0 N–H and O–H groups in total. The zero-order valence-corrected chi connectivity index (χ0v) is 20.3. The molecular formula is C29H29NO5. The first kappa shape index (κ1) is 24.2. The number of hydrogen-bond acceptors (Lipinski definition) is 5. The molecule has 3 aromatic rings. The molecule has 1 amide bonds. The summed E-state index contributed by atoms with van der Waals surface area (Å²) in [5, 5.41) is 1.92. The Bertz CT molecular complexity index is 1300. The van der Waals surface area contributed by atoms with E-state index in [-0.39, 0.29) is 18.3 Å². The molecule has 1 aliphatic rings. The van der Waals surface area contributed by atoms with Gasteiger partial charge < -0.3 is 9.47 Å². The van der Waals surface area contributed by atoms with E-state index in [1.807, 2.05) is 37.1 Å². The number of fused-ring (bicyclic) bond motifs is 2. The Kier molecular flexibility index (Phi) is 7.33. The summed E-state index contributed by atoms with van der Waals surface area (Å²) in [6, 6.07) is 14.5. The second-order valence-electron chi connectivity index (χ2n) is 8.38. The van der Waals surface area contributed by atoms with Gasteiger partial charge in [0, 0.05) is 17.1 Å². The number of carbonyl (C=O) groups excluding carboxylic acids is 3. The van der Waals surface area contributed by atoms with Crippen molar-refractivity contribution in [2.45, 2.75) is 46.1 Å². The van der Waals surface area contributed by atoms with Crippen molar-refractivity contribution in [1.82, 2.24) is 0 Å². The van der Waals surface area contributed by atoms with Crippen LogP contribution in [0, 0.1) is 0 Å². The molecule has 0 aliphatic carbocycles. The van der Waals surface area contributed by atoms with E-state index in [1.54, 1.807) is 36.1 Å². The fourth-order valence-electron chi connectivity index (χ4n) is 4.88. The van der Waals surface area contributed by atoms with Crippen LogP contribution in [0.3, 0.4) is 0 Å². The standard InChI is InChI=1S/C29H29NO5/c1-4-9-22-21-10-7-8-11-23(21)28(35-6-3)27-26(22)24(16-17-31)30(29(27)33)20-14-12-19(13-15-20)18-25(32)34-5-2/h7-8,10-16,24H,4-6,9,18H2,1-3H3. The van der Waals surface area contributed by atoms with Gasteiger partial charge in [-0.25, -0.2) is 4.79 Å². The molecule has 6 heteroatoms. The minimum atomic E-state index is -0.601. The molecule has 35 heavy (non-hydrogen) atoms. The number of aryl methyl sites for hydroxylation is 1. The number of rotatable bonds is 9. The van der Waals surface area contributed by atoms with Crippen LogP contribution >= 0.6 is 0 Å². The predicted octanol–water partition coefficient (Wildman–Crippen LogP) is 5.39. The molecule has 1 unspecified atom stereocenters. The highest BCUT2D eigenvalue weighted by atomic mass is 16.5. The van der Waals surface area contributed by atoms with Crippen LogP contribution in [0.5, 0.6) is 5.75 Å². The number of benzene rings is 3. The largest absolute Gasteiger partial charge is 0.492 e. The lowest BCUT2D eigenvalue weighted by molar-refractivity contribution is -0.142. The second kappa shape index (κ2) is 10.6. The molecule has 4 rings (SSSR count). The highest BCUT2D eigenvalue weighted by Gasteiger charge is 2.42. The van der Waals surface area contributed by atoms with E-state index in [0.29, 0.717) is 30.2 Å². The van der Waals surface area contributed by atoms with Crippen LogP contribution in [-0.4, -0.2) is 31.0 Å². The Morgan fingerprint density at radius 3 is 2.37 bits per heavy atom. The average Bonchev–Trinajstić information content (AvgIpc) is 3.14. The highest BCUT2D eigenvalue weighted by molar-refractivity contribution is 6.17. The summed E-state index contributed by atoms with van der Waals surface area (Å²) in [6.45, 7) is 6.49. The average molecular weight is 472 g/mol. The minimum absolute atomic E-state index is 0.153. The molecule has 0 radical (unpaired) electrons. The third kappa shape index (κ3) is 4.45. The van der Waals surface area contributed by atoms with Crippen molar-refractivity contribution in [3.05, 3.63) is 76.9 Å². The van der Waals surface area contributed by atoms with Crippen LogP contribution in [-0.2, 0) is 27.2 Å². The monoisotopic (exact) mass is 471 g/mol. The lowest BCUT2D eigenvalue weighted by Crippen LogP contribution is -2.27. The van der Waals surface area contributed by atoms with Gasteiger partial charge in [-0.05, 0) is 54.5 Å². The minimum Gasteiger partial charge on any atom is -0.492 e. The molecule has 0 saturated carbocycles. The van der Waals surface area contributed by atoms with Gasteiger partial charge >= 0.3 is 5.97 Å². The number of anilines is 1. The van der Waals surface area contributed by atoms with E-state index in [0.717, 1.165) is 40.3 Å². The van der Waals surface area contributed by atoms with E-state index >= 15 is 0 Å². The number of ether oxygens (including phenoxy) is 2. The lowest BCUT2D eigenvalue weighted by Gasteiger charge is -2.23. The molecule has 1 aliphatic heterocycles. The summed E-state index contributed by atoms with van der Waals surface area (Å²) >= 11 is 0. The maximum Gasteiger partial charge on any atom is 0.310 e. The number of amides is 1. The van der Waals surface area contributed by atoms with Crippen molar-refractivity contribution >= 4 is 34.3 Å². The van der Waals surface area contributed by atoms with Crippen molar-refractivity contribution in [3.63, 3.8) is 0 Å². The predicted molar refractivity (Wildman–Crippen MR) is 136 cm³/mol. The maximum atomic E-state index is 13.9. The van der Waals surface area contributed by atoms with E-state index in [4.69, 9.17) is 9.47 Å². The first-order valence-corrected chi connectivity index (χ1v) is 12.0. The number of hydrogen-bond donors (Lipinski definition) is 0. The van der Waals surface area contributed by atoms with Crippen molar-refractivity contribution < 1.29 is 23.9 Å². The summed E-state index contributed by atoms with van der Waals surface area (Å²) in [5.74, 6) is 1.95. The van der Waals surface area contributed by atoms with Crippen molar-refractivity contribution in [3.8, 4) is 5.75 Å². The number of nitrogens with zero attached hydrogens (tertiary/aromatic N) is 1. The van der Waals surface area contributed by atoms with Crippen LogP contribution in [0.4, 0.5) is 5.69 Å².